The second-order valence-corrected chi connectivity index (χ2v) is 13.6. The van der Waals surface area contributed by atoms with Gasteiger partial charge in [-0.15, -0.1) is 0 Å². The van der Waals surface area contributed by atoms with Gasteiger partial charge in [-0.1, -0.05) is 60.7 Å². The molecule has 0 saturated carbocycles. The van der Waals surface area contributed by atoms with Crippen LogP contribution in [-0.2, 0) is 20.2 Å². The molecule has 6 aromatic carbocycles. The second-order valence-electron chi connectivity index (χ2n) is 10.5. The molecule has 0 aromatic heterocycles. The SMILES string of the molecule is O=[N+]([O-])c1ccc(S(=O)(=O)Oc2ccc3ccccc3c2C=NN=Cc2c(OS(=O)(=O)c3ccc([N+](=O)[O-])cc3)ccc3ccccc23)cc1. The minimum atomic E-state index is -4.43. The molecule has 0 atom stereocenters. The molecule has 6 rings (SSSR count). The highest BCUT2D eigenvalue weighted by atomic mass is 32.2. The van der Waals surface area contributed by atoms with E-state index >= 15 is 0 Å². The molecule has 0 spiro atoms. The zero-order valence-electron chi connectivity index (χ0n) is 25.4. The van der Waals surface area contributed by atoms with Gasteiger partial charge in [0, 0.05) is 35.4 Å². The lowest BCUT2D eigenvalue weighted by atomic mass is 10.0. The van der Waals surface area contributed by atoms with E-state index in [1.807, 2.05) is 0 Å². The molecule has 0 N–H and O–H groups in total. The Balaban J connectivity index is 1.35. The normalized spacial score (nSPS) is 12.1. The maximum Gasteiger partial charge on any atom is 0.339 e. The van der Waals surface area contributed by atoms with E-state index in [1.54, 1.807) is 60.7 Å². The first-order valence-corrected chi connectivity index (χ1v) is 17.2. The molecule has 0 aliphatic rings. The van der Waals surface area contributed by atoms with E-state index < -0.39 is 30.1 Å². The van der Waals surface area contributed by atoms with Crippen molar-refractivity contribution < 1.29 is 35.0 Å². The van der Waals surface area contributed by atoms with Crippen LogP contribution in [0.15, 0.2) is 141 Å². The number of nitro benzene ring substituents is 2. The molecule has 0 aliphatic carbocycles. The van der Waals surface area contributed by atoms with Gasteiger partial charge in [0.25, 0.3) is 11.4 Å². The third-order valence-electron chi connectivity index (χ3n) is 7.37. The van der Waals surface area contributed by atoms with E-state index in [1.165, 1.54) is 24.6 Å². The summed E-state index contributed by atoms with van der Waals surface area (Å²) in [5.74, 6) is -0.186. The number of nitrogens with zero attached hydrogens (tertiary/aromatic N) is 4. The first-order valence-electron chi connectivity index (χ1n) is 14.4. The van der Waals surface area contributed by atoms with Gasteiger partial charge in [-0.3, -0.25) is 20.2 Å². The molecule has 0 fully saturated rings. The van der Waals surface area contributed by atoms with Crippen LogP contribution >= 0.6 is 0 Å². The third kappa shape index (κ3) is 7.01. The fraction of sp³-hybridized carbons (Fsp3) is 0. The minimum absolute atomic E-state index is 0.0932. The van der Waals surface area contributed by atoms with Crippen LogP contribution in [0.3, 0.4) is 0 Å². The maximum atomic E-state index is 13.2. The third-order valence-corrected chi connectivity index (χ3v) is 9.87. The van der Waals surface area contributed by atoms with Crippen molar-refractivity contribution in [2.45, 2.75) is 9.79 Å². The van der Waals surface area contributed by atoms with Crippen molar-refractivity contribution in [2.24, 2.45) is 10.2 Å². The molecule has 0 aliphatic heterocycles. The van der Waals surface area contributed by atoms with Crippen molar-refractivity contribution in [2.75, 3.05) is 0 Å². The summed E-state index contributed by atoms with van der Waals surface area (Å²) in [6, 6.07) is 28.8. The summed E-state index contributed by atoms with van der Waals surface area (Å²) in [5, 5.41) is 32.9. The number of rotatable bonds is 11. The van der Waals surface area contributed by atoms with Crippen molar-refractivity contribution in [3.05, 3.63) is 153 Å². The summed E-state index contributed by atoms with van der Waals surface area (Å²) < 4.78 is 63.6. The lowest BCUT2D eigenvalue weighted by molar-refractivity contribution is -0.385. The highest BCUT2D eigenvalue weighted by Gasteiger charge is 2.22. The van der Waals surface area contributed by atoms with Gasteiger partial charge in [-0.25, -0.2) is 0 Å². The van der Waals surface area contributed by atoms with Crippen LogP contribution in [0.4, 0.5) is 11.4 Å². The van der Waals surface area contributed by atoms with Gasteiger partial charge >= 0.3 is 20.2 Å². The zero-order chi connectivity index (χ0) is 35.5. The number of fused-ring (bicyclic) bond motifs is 2. The summed E-state index contributed by atoms with van der Waals surface area (Å²) in [4.78, 5) is 20.1. The molecular weight excluding hydrogens is 689 g/mol. The van der Waals surface area contributed by atoms with Crippen molar-refractivity contribution in [1.29, 1.82) is 0 Å². The Labute approximate surface area is 284 Å². The predicted molar refractivity (Wildman–Crippen MR) is 185 cm³/mol. The average Bonchev–Trinajstić information content (AvgIpc) is 3.11. The zero-order valence-corrected chi connectivity index (χ0v) is 27.0. The molecule has 14 nitrogen and oxygen atoms in total. The van der Waals surface area contributed by atoms with Gasteiger partial charge < -0.3 is 8.37 Å². The Morgan fingerprint density at radius 1 is 0.500 bits per heavy atom. The lowest BCUT2D eigenvalue weighted by Crippen LogP contribution is -2.11. The van der Waals surface area contributed by atoms with Crippen molar-refractivity contribution in [3.8, 4) is 11.5 Å². The molecule has 0 saturated heterocycles. The fourth-order valence-electron chi connectivity index (χ4n) is 4.95. The van der Waals surface area contributed by atoms with E-state index in [0.717, 1.165) is 59.3 Å². The van der Waals surface area contributed by atoms with Gasteiger partial charge in [-0.2, -0.15) is 27.0 Å². The van der Waals surface area contributed by atoms with Gasteiger partial charge in [-0.05, 0) is 57.9 Å². The smallest absolute Gasteiger partial charge is 0.339 e. The van der Waals surface area contributed by atoms with Crippen LogP contribution in [0.2, 0.25) is 0 Å². The van der Waals surface area contributed by atoms with Crippen LogP contribution in [0.1, 0.15) is 11.1 Å². The number of non-ortho nitro benzene ring substituents is 2. The van der Waals surface area contributed by atoms with E-state index in [9.17, 15) is 37.1 Å². The van der Waals surface area contributed by atoms with Crippen LogP contribution in [-0.4, -0.2) is 39.1 Å². The van der Waals surface area contributed by atoms with Crippen LogP contribution in [0.5, 0.6) is 11.5 Å². The Kier molecular flexibility index (Phi) is 9.04. The highest BCUT2D eigenvalue weighted by molar-refractivity contribution is 7.87. The second kappa shape index (κ2) is 13.5. The number of benzene rings is 6. The van der Waals surface area contributed by atoms with E-state index in [4.69, 9.17) is 8.37 Å². The van der Waals surface area contributed by atoms with Crippen molar-refractivity contribution in [1.82, 2.24) is 0 Å². The summed E-state index contributed by atoms with van der Waals surface area (Å²) >= 11 is 0. The number of hydrogen-bond acceptors (Lipinski definition) is 12. The molecule has 50 heavy (non-hydrogen) atoms. The van der Waals surface area contributed by atoms with Crippen LogP contribution in [0.25, 0.3) is 21.5 Å². The fourth-order valence-corrected chi connectivity index (χ4v) is 6.84. The first-order chi connectivity index (χ1) is 23.9. The molecule has 0 radical (unpaired) electrons. The number of nitro groups is 2. The predicted octanol–water partition coefficient (Wildman–Crippen LogP) is 6.80. The average molecular weight is 711 g/mol. The summed E-state index contributed by atoms with van der Waals surface area (Å²) in [5.41, 5.74) is -0.0742. The lowest BCUT2D eigenvalue weighted by Gasteiger charge is -2.12. The largest absolute Gasteiger partial charge is 0.378 e. The van der Waals surface area contributed by atoms with E-state index in [-0.39, 0.29) is 43.8 Å². The monoisotopic (exact) mass is 710 g/mol. The Hall–Kier alpha value is -6.52. The molecule has 0 unspecified atom stereocenters. The van der Waals surface area contributed by atoms with E-state index in [0.29, 0.717) is 10.8 Å². The molecule has 16 heteroatoms. The molecule has 6 aromatic rings. The summed E-state index contributed by atoms with van der Waals surface area (Å²) in [6.45, 7) is 0. The van der Waals surface area contributed by atoms with Crippen molar-refractivity contribution in [3.63, 3.8) is 0 Å². The topological polar surface area (TPSA) is 198 Å². The Morgan fingerprint density at radius 2 is 0.860 bits per heavy atom. The summed E-state index contributed by atoms with van der Waals surface area (Å²) in [7, 11) is -8.85. The number of hydrogen-bond donors (Lipinski definition) is 0. The Morgan fingerprint density at radius 3 is 1.22 bits per heavy atom. The van der Waals surface area contributed by atoms with Crippen LogP contribution < -0.4 is 8.37 Å². The molecule has 0 bridgehead atoms. The minimum Gasteiger partial charge on any atom is -0.378 e. The van der Waals surface area contributed by atoms with Gasteiger partial charge in [0.05, 0.1) is 22.3 Å². The van der Waals surface area contributed by atoms with Crippen LogP contribution in [0, 0.1) is 20.2 Å². The maximum absolute atomic E-state index is 13.2. The molecule has 0 heterocycles. The first kappa shape index (κ1) is 33.4. The quantitative estimate of drug-likeness (QED) is 0.0596. The standard InChI is InChI=1S/C34H22N4O10S2/c39-37(40)25-11-15-27(16-12-25)49(43,44)47-33-19-9-23-5-1-3-7-29(23)31(33)21-35-36-22-32-30-8-4-2-6-24(30)10-20-34(32)48-50(45,46)28-17-13-26(14-18-28)38(41)42/h1-22H. The van der Waals surface area contributed by atoms with Gasteiger partial charge in [0.1, 0.15) is 9.79 Å². The van der Waals surface area contributed by atoms with Gasteiger partial charge in [0.2, 0.25) is 0 Å². The molecule has 0 amide bonds. The Bertz CT molecular complexity index is 2390. The van der Waals surface area contributed by atoms with Gasteiger partial charge in [0.15, 0.2) is 11.5 Å². The van der Waals surface area contributed by atoms with E-state index in [2.05, 4.69) is 10.2 Å². The molecular formula is C34H22N4O10S2. The molecule has 250 valence electrons. The summed E-state index contributed by atoms with van der Waals surface area (Å²) in [6.07, 6.45) is 2.55. The highest BCUT2D eigenvalue weighted by Crippen LogP contribution is 2.31. The van der Waals surface area contributed by atoms with Crippen molar-refractivity contribution >= 4 is 65.6 Å².